The SMILES string of the molecule is c1ccc(Nc2n[se]c3ccccc23)cc1. The van der Waals surface area contributed by atoms with E-state index in [1.165, 1.54) is 9.65 Å². The monoisotopic (exact) mass is 274 g/mol. The van der Waals surface area contributed by atoms with Crippen LogP contribution in [0.15, 0.2) is 54.6 Å². The summed E-state index contributed by atoms with van der Waals surface area (Å²) in [5.74, 6) is 1.00. The van der Waals surface area contributed by atoms with Gasteiger partial charge in [-0.3, -0.25) is 0 Å². The molecule has 0 aliphatic carbocycles. The van der Waals surface area contributed by atoms with Gasteiger partial charge < -0.3 is 0 Å². The van der Waals surface area contributed by atoms with Crippen LogP contribution < -0.4 is 5.32 Å². The van der Waals surface area contributed by atoms with Gasteiger partial charge in [0.15, 0.2) is 0 Å². The van der Waals surface area contributed by atoms with Crippen LogP contribution in [0.4, 0.5) is 11.5 Å². The van der Waals surface area contributed by atoms with Crippen molar-refractivity contribution in [3.8, 4) is 0 Å². The number of aromatic nitrogens is 1. The molecular formula is C13H10N2Se. The molecule has 3 heteroatoms. The molecule has 1 heterocycles. The fourth-order valence-electron chi connectivity index (χ4n) is 1.63. The molecule has 2 aromatic carbocycles. The third-order valence-corrected chi connectivity index (χ3v) is 4.15. The molecule has 1 N–H and O–H groups in total. The summed E-state index contributed by atoms with van der Waals surface area (Å²) in [6.07, 6.45) is 0. The number of nitrogens with one attached hydrogen (secondary N) is 1. The van der Waals surface area contributed by atoms with Crippen molar-refractivity contribution in [3.05, 3.63) is 54.6 Å². The summed E-state index contributed by atoms with van der Waals surface area (Å²) in [6.45, 7) is 0. The van der Waals surface area contributed by atoms with Gasteiger partial charge in [-0.25, -0.2) is 0 Å². The molecular weight excluding hydrogens is 263 g/mol. The molecule has 78 valence electrons. The predicted molar refractivity (Wildman–Crippen MR) is 68.4 cm³/mol. The van der Waals surface area contributed by atoms with Crippen molar-refractivity contribution < 1.29 is 0 Å². The van der Waals surface area contributed by atoms with E-state index in [0.29, 0.717) is 0 Å². The zero-order chi connectivity index (χ0) is 10.8. The van der Waals surface area contributed by atoms with Gasteiger partial charge >= 0.3 is 99.8 Å². The molecule has 0 aliphatic heterocycles. The van der Waals surface area contributed by atoms with Crippen molar-refractivity contribution in [3.63, 3.8) is 0 Å². The first-order chi connectivity index (χ1) is 7.93. The predicted octanol–water partition coefficient (Wildman–Crippen LogP) is 3.04. The molecule has 2 nitrogen and oxygen atoms in total. The van der Waals surface area contributed by atoms with Gasteiger partial charge in [0.25, 0.3) is 0 Å². The van der Waals surface area contributed by atoms with E-state index in [1.807, 2.05) is 18.2 Å². The Kier molecular flexibility index (Phi) is 2.49. The molecule has 0 fully saturated rings. The molecule has 0 radical (unpaired) electrons. The third kappa shape index (κ3) is 1.75. The number of benzene rings is 2. The standard InChI is InChI=1S/C13H10N2Se/c1-2-6-10(7-3-1)14-13-11-8-4-5-9-12(11)16-15-13/h1-9H,(H,14,15). The van der Waals surface area contributed by atoms with Crippen molar-refractivity contribution >= 4 is 35.9 Å². The zero-order valence-electron chi connectivity index (χ0n) is 8.55. The molecule has 0 saturated heterocycles. The normalized spacial score (nSPS) is 10.5. The number of hydrogen-bond acceptors (Lipinski definition) is 2. The Hall–Kier alpha value is -1.57. The Labute approximate surface area is 99.9 Å². The van der Waals surface area contributed by atoms with Crippen LogP contribution in [0.1, 0.15) is 0 Å². The second-order valence-electron chi connectivity index (χ2n) is 3.52. The molecule has 0 saturated carbocycles. The van der Waals surface area contributed by atoms with Crippen molar-refractivity contribution in [1.29, 1.82) is 0 Å². The minimum atomic E-state index is 0.230. The van der Waals surface area contributed by atoms with Gasteiger partial charge in [-0.2, -0.15) is 0 Å². The molecule has 16 heavy (non-hydrogen) atoms. The number of fused-ring (bicyclic) bond motifs is 1. The molecule has 0 atom stereocenters. The first-order valence-corrected chi connectivity index (χ1v) is 6.72. The van der Waals surface area contributed by atoms with Crippen molar-refractivity contribution in [1.82, 2.24) is 3.98 Å². The number of rotatable bonds is 2. The van der Waals surface area contributed by atoms with Crippen molar-refractivity contribution in [2.24, 2.45) is 0 Å². The number of hydrogen-bond donors (Lipinski definition) is 1. The van der Waals surface area contributed by atoms with E-state index in [4.69, 9.17) is 0 Å². The topological polar surface area (TPSA) is 24.9 Å². The Bertz CT molecular complexity index is 601. The number of nitrogens with zero attached hydrogens (tertiary/aromatic N) is 1. The average Bonchev–Trinajstić information content (AvgIpc) is 2.74. The first kappa shape index (κ1) is 9.64. The van der Waals surface area contributed by atoms with Gasteiger partial charge in [-0.15, -0.1) is 0 Å². The molecule has 1 aromatic heterocycles. The van der Waals surface area contributed by atoms with Crippen LogP contribution in [0.2, 0.25) is 0 Å². The molecule has 0 unspecified atom stereocenters. The van der Waals surface area contributed by atoms with E-state index in [-0.39, 0.29) is 14.7 Å². The summed E-state index contributed by atoms with van der Waals surface area (Å²) < 4.78 is 5.92. The van der Waals surface area contributed by atoms with E-state index in [0.717, 1.165) is 11.5 Å². The molecule has 0 spiro atoms. The molecule has 3 aromatic rings. The van der Waals surface area contributed by atoms with Gasteiger partial charge in [0.2, 0.25) is 0 Å². The summed E-state index contributed by atoms with van der Waals surface area (Å²) in [5.41, 5.74) is 1.09. The second-order valence-corrected chi connectivity index (χ2v) is 5.21. The van der Waals surface area contributed by atoms with Crippen LogP contribution in [-0.2, 0) is 0 Å². The van der Waals surface area contributed by atoms with Gasteiger partial charge in [0.1, 0.15) is 0 Å². The maximum atomic E-state index is 4.57. The van der Waals surface area contributed by atoms with Crippen LogP contribution in [-0.4, -0.2) is 18.7 Å². The number of para-hydroxylation sites is 1. The first-order valence-electron chi connectivity index (χ1n) is 5.10. The summed E-state index contributed by atoms with van der Waals surface area (Å²) in [4.78, 5) is 0. The van der Waals surface area contributed by atoms with E-state index < -0.39 is 0 Å². The Morgan fingerprint density at radius 1 is 0.875 bits per heavy atom. The van der Waals surface area contributed by atoms with E-state index >= 15 is 0 Å². The summed E-state index contributed by atoms with van der Waals surface area (Å²) in [5, 5.41) is 4.60. The third-order valence-electron chi connectivity index (χ3n) is 2.41. The van der Waals surface area contributed by atoms with Crippen LogP contribution in [0.5, 0.6) is 0 Å². The van der Waals surface area contributed by atoms with Crippen molar-refractivity contribution in [2.45, 2.75) is 0 Å². The van der Waals surface area contributed by atoms with Gasteiger partial charge in [-0.1, -0.05) is 0 Å². The maximum absolute atomic E-state index is 4.57. The van der Waals surface area contributed by atoms with E-state index in [9.17, 15) is 0 Å². The molecule has 0 bridgehead atoms. The Morgan fingerprint density at radius 2 is 1.62 bits per heavy atom. The van der Waals surface area contributed by atoms with E-state index in [1.54, 1.807) is 0 Å². The molecule has 3 rings (SSSR count). The Balaban J connectivity index is 2.01. The van der Waals surface area contributed by atoms with Crippen LogP contribution in [0.25, 0.3) is 9.65 Å². The van der Waals surface area contributed by atoms with E-state index in [2.05, 4.69) is 45.7 Å². The zero-order valence-corrected chi connectivity index (χ0v) is 10.3. The van der Waals surface area contributed by atoms with Gasteiger partial charge in [-0.05, 0) is 0 Å². The Morgan fingerprint density at radius 3 is 2.50 bits per heavy atom. The van der Waals surface area contributed by atoms with Crippen LogP contribution in [0.3, 0.4) is 0 Å². The second kappa shape index (κ2) is 4.12. The molecule has 0 amide bonds. The quantitative estimate of drug-likeness (QED) is 0.726. The molecule has 0 aliphatic rings. The fraction of sp³-hybridized carbons (Fsp3) is 0. The fourth-order valence-corrected chi connectivity index (χ4v) is 3.18. The summed E-state index contributed by atoms with van der Waals surface area (Å²) in [7, 11) is 0. The van der Waals surface area contributed by atoms with Gasteiger partial charge in [0, 0.05) is 0 Å². The summed E-state index contributed by atoms with van der Waals surface area (Å²) >= 11 is 0.230. The van der Waals surface area contributed by atoms with Crippen LogP contribution >= 0.6 is 0 Å². The summed E-state index contributed by atoms with van der Waals surface area (Å²) in [6, 6.07) is 18.6. The average molecular weight is 273 g/mol. The minimum absolute atomic E-state index is 0.230. The number of anilines is 2. The van der Waals surface area contributed by atoms with Crippen molar-refractivity contribution in [2.75, 3.05) is 5.32 Å². The van der Waals surface area contributed by atoms with Gasteiger partial charge in [0.05, 0.1) is 0 Å². The van der Waals surface area contributed by atoms with Crippen LogP contribution in [0, 0.1) is 0 Å².